The van der Waals surface area contributed by atoms with Gasteiger partial charge in [0.05, 0.1) is 11.3 Å². The van der Waals surface area contributed by atoms with Crippen LogP contribution in [0.15, 0.2) is 29.2 Å². The predicted molar refractivity (Wildman–Crippen MR) is 67.0 cm³/mol. The van der Waals surface area contributed by atoms with Crippen molar-refractivity contribution in [2.75, 3.05) is 0 Å². The summed E-state index contributed by atoms with van der Waals surface area (Å²) in [4.78, 5) is 21.3. The Bertz CT molecular complexity index is 602. The number of carboxylic acids is 1. The molecule has 0 radical (unpaired) electrons. The fourth-order valence-corrected chi connectivity index (χ4v) is 2.76. The first-order chi connectivity index (χ1) is 8.72. The first-order valence-electron chi connectivity index (χ1n) is 5.01. The number of nitrogens with two attached hydrogens (primary N) is 1. The molecule has 104 valence electrons. The van der Waals surface area contributed by atoms with E-state index in [-0.39, 0.29) is 9.92 Å². The lowest BCUT2D eigenvalue weighted by molar-refractivity contribution is -0.140. The molecule has 1 aromatic carbocycles. The lowest BCUT2D eigenvalue weighted by Gasteiger charge is -2.13. The zero-order chi connectivity index (χ0) is 14.6. The number of nitrogens with one attached hydrogen (secondary N) is 1. The Morgan fingerprint density at radius 2 is 2.05 bits per heavy atom. The molecule has 1 aromatic rings. The molecule has 0 saturated carbocycles. The number of hydrogen-bond donors (Lipinski definition) is 3. The minimum atomic E-state index is -4.10. The Balaban J connectivity index is 3.00. The van der Waals surface area contributed by atoms with Crippen molar-refractivity contribution in [1.29, 1.82) is 0 Å². The summed E-state index contributed by atoms with van der Waals surface area (Å²) in [6.45, 7) is 0. The van der Waals surface area contributed by atoms with Crippen LogP contribution in [0.1, 0.15) is 6.42 Å². The Kier molecular flexibility index (Phi) is 4.87. The highest BCUT2D eigenvalue weighted by atomic mass is 35.5. The molecule has 0 fully saturated rings. The number of carbonyl (C=O) groups is 2. The summed E-state index contributed by atoms with van der Waals surface area (Å²) in [6.07, 6.45) is -0.644. The van der Waals surface area contributed by atoms with Gasteiger partial charge in [0.1, 0.15) is 6.04 Å². The second kappa shape index (κ2) is 6.00. The fourth-order valence-electron chi connectivity index (χ4n) is 1.27. The van der Waals surface area contributed by atoms with Crippen LogP contribution in [0.5, 0.6) is 0 Å². The summed E-state index contributed by atoms with van der Waals surface area (Å²) in [6, 6.07) is 3.66. The zero-order valence-electron chi connectivity index (χ0n) is 9.54. The lowest BCUT2D eigenvalue weighted by atomic mass is 10.2. The maximum absolute atomic E-state index is 11.9. The summed E-state index contributed by atoms with van der Waals surface area (Å²) >= 11 is 5.65. The molecular formula is C10H11ClN2O5S. The molecule has 19 heavy (non-hydrogen) atoms. The molecule has 0 aromatic heterocycles. The van der Waals surface area contributed by atoms with Crippen molar-refractivity contribution in [1.82, 2.24) is 4.72 Å². The monoisotopic (exact) mass is 306 g/mol. The third-order valence-electron chi connectivity index (χ3n) is 2.11. The highest BCUT2D eigenvalue weighted by Gasteiger charge is 2.26. The standard InChI is InChI=1S/C10H11ClN2O5S/c11-6-2-1-3-7(4-6)19(17,18)13-8(10(15)16)5-9(12)14/h1-4,8,13H,5H2,(H2,12,14)(H,15,16). The number of amides is 1. The first kappa shape index (κ1) is 15.4. The molecule has 0 aliphatic heterocycles. The van der Waals surface area contributed by atoms with Gasteiger partial charge in [0.25, 0.3) is 0 Å². The third-order valence-corrected chi connectivity index (χ3v) is 3.81. The van der Waals surface area contributed by atoms with Crippen molar-refractivity contribution in [2.45, 2.75) is 17.4 Å². The number of carboxylic acid groups (broad SMARTS) is 1. The van der Waals surface area contributed by atoms with Crippen LogP contribution >= 0.6 is 11.6 Å². The molecule has 0 bridgehead atoms. The van der Waals surface area contributed by atoms with Gasteiger partial charge in [-0.1, -0.05) is 17.7 Å². The first-order valence-corrected chi connectivity index (χ1v) is 6.87. The van der Waals surface area contributed by atoms with Gasteiger partial charge in [-0.2, -0.15) is 4.72 Å². The highest BCUT2D eigenvalue weighted by Crippen LogP contribution is 2.15. The van der Waals surface area contributed by atoms with Gasteiger partial charge in [-0.25, -0.2) is 8.42 Å². The van der Waals surface area contributed by atoms with E-state index in [1.54, 1.807) is 0 Å². The van der Waals surface area contributed by atoms with Crippen molar-refractivity contribution >= 4 is 33.5 Å². The average Bonchev–Trinajstić information content (AvgIpc) is 2.27. The summed E-state index contributed by atoms with van der Waals surface area (Å²) in [5, 5.41) is 9.01. The van der Waals surface area contributed by atoms with Crippen LogP contribution < -0.4 is 10.5 Å². The number of rotatable bonds is 6. The van der Waals surface area contributed by atoms with E-state index in [9.17, 15) is 18.0 Å². The smallest absolute Gasteiger partial charge is 0.322 e. The fraction of sp³-hybridized carbons (Fsp3) is 0.200. The van der Waals surface area contributed by atoms with Crippen LogP contribution in [-0.4, -0.2) is 31.4 Å². The van der Waals surface area contributed by atoms with E-state index >= 15 is 0 Å². The van der Waals surface area contributed by atoms with E-state index in [0.717, 1.165) is 6.07 Å². The van der Waals surface area contributed by atoms with Gasteiger partial charge in [0, 0.05) is 5.02 Å². The number of aliphatic carboxylic acids is 1. The number of primary amides is 1. The normalized spacial score (nSPS) is 12.9. The topological polar surface area (TPSA) is 127 Å². The minimum Gasteiger partial charge on any atom is -0.480 e. The second-order valence-electron chi connectivity index (χ2n) is 3.64. The average molecular weight is 307 g/mol. The van der Waals surface area contributed by atoms with Gasteiger partial charge in [0.2, 0.25) is 15.9 Å². The zero-order valence-corrected chi connectivity index (χ0v) is 11.1. The molecule has 4 N–H and O–H groups in total. The van der Waals surface area contributed by atoms with E-state index in [2.05, 4.69) is 0 Å². The molecule has 1 atom stereocenters. The van der Waals surface area contributed by atoms with Gasteiger partial charge in [0.15, 0.2) is 0 Å². The van der Waals surface area contributed by atoms with E-state index in [0.29, 0.717) is 0 Å². The molecule has 0 aliphatic rings. The summed E-state index contributed by atoms with van der Waals surface area (Å²) < 4.78 is 25.7. The van der Waals surface area contributed by atoms with Gasteiger partial charge >= 0.3 is 5.97 Å². The van der Waals surface area contributed by atoms with Crippen molar-refractivity contribution < 1.29 is 23.1 Å². The summed E-state index contributed by atoms with van der Waals surface area (Å²) in [7, 11) is -4.10. The van der Waals surface area contributed by atoms with Crippen molar-refractivity contribution in [3.63, 3.8) is 0 Å². The largest absolute Gasteiger partial charge is 0.480 e. The molecular weight excluding hydrogens is 296 g/mol. The quantitative estimate of drug-likeness (QED) is 0.679. The second-order valence-corrected chi connectivity index (χ2v) is 5.79. The SMILES string of the molecule is NC(=O)CC(NS(=O)(=O)c1cccc(Cl)c1)C(=O)O. The number of halogens is 1. The van der Waals surface area contributed by atoms with Crippen LogP contribution in [0.25, 0.3) is 0 Å². The van der Waals surface area contributed by atoms with Crippen LogP contribution in [0.3, 0.4) is 0 Å². The number of sulfonamides is 1. The van der Waals surface area contributed by atoms with E-state index in [1.165, 1.54) is 18.2 Å². The molecule has 9 heteroatoms. The number of benzene rings is 1. The van der Waals surface area contributed by atoms with Crippen molar-refractivity contribution in [2.24, 2.45) is 5.73 Å². The number of carbonyl (C=O) groups excluding carboxylic acids is 1. The van der Waals surface area contributed by atoms with Gasteiger partial charge in [-0.15, -0.1) is 0 Å². The molecule has 0 saturated heterocycles. The Morgan fingerprint density at radius 1 is 1.42 bits per heavy atom. The lowest BCUT2D eigenvalue weighted by Crippen LogP contribution is -2.43. The highest BCUT2D eigenvalue weighted by molar-refractivity contribution is 7.89. The van der Waals surface area contributed by atoms with Crippen LogP contribution in [0, 0.1) is 0 Å². The Labute approximate surface area is 114 Å². The molecule has 1 amide bonds. The summed E-state index contributed by atoms with van der Waals surface area (Å²) in [5.41, 5.74) is 4.85. The maximum Gasteiger partial charge on any atom is 0.322 e. The maximum atomic E-state index is 11.9. The van der Waals surface area contributed by atoms with E-state index in [1.807, 2.05) is 4.72 Å². The van der Waals surface area contributed by atoms with Crippen molar-refractivity contribution in [3.05, 3.63) is 29.3 Å². The molecule has 0 spiro atoms. The van der Waals surface area contributed by atoms with Crippen molar-refractivity contribution in [3.8, 4) is 0 Å². The van der Waals surface area contributed by atoms with Crippen LogP contribution in [-0.2, 0) is 19.6 Å². The Morgan fingerprint density at radius 3 is 2.53 bits per heavy atom. The molecule has 1 unspecified atom stereocenters. The van der Waals surface area contributed by atoms with Crippen LogP contribution in [0.4, 0.5) is 0 Å². The predicted octanol–water partition coefficient (Wildman–Crippen LogP) is -0.0531. The minimum absolute atomic E-state index is 0.185. The summed E-state index contributed by atoms with van der Waals surface area (Å²) in [5.74, 6) is -2.43. The van der Waals surface area contributed by atoms with Gasteiger partial charge in [-0.05, 0) is 18.2 Å². The molecule has 0 aliphatic carbocycles. The van der Waals surface area contributed by atoms with E-state index < -0.39 is 34.4 Å². The van der Waals surface area contributed by atoms with Gasteiger partial charge < -0.3 is 10.8 Å². The third kappa shape index (κ3) is 4.51. The van der Waals surface area contributed by atoms with Gasteiger partial charge in [-0.3, -0.25) is 9.59 Å². The molecule has 0 heterocycles. The molecule has 1 rings (SSSR count). The Hall–Kier alpha value is -1.64. The van der Waals surface area contributed by atoms with E-state index in [4.69, 9.17) is 22.4 Å². The van der Waals surface area contributed by atoms with Crippen LogP contribution in [0.2, 0.25) is 5.02 Å². The molecule has 7 nitrogen and oxygen atoms in total. The number of hydrogen-bond acceptors (Lipinski definition) is 4.